The number of amides is 2. The van der Waals surface area contributed by atoms with Crippen molar-refractivity contribution in [3.05, 3.63) is 34.7 Å². The summed E-state index contributed by atoms with van der Waals surface area (Å²) in [7, 11) is 1.60. The van der Waals surface area contributed by atoms with E-state index in [1.165, 1.54) is 4.90 Å². The molecule has 6 nitrogen and oxygen atoms in total. The van der Waals surface area contributed by atoms with Crippen LogP contribution in [0.2, 0.25) is 0 Å². The van der Waals surface area contributed by atoms with E-state index in [1.54, 1.807) is 13.2 Å². The van der Waals surface area contributed by atoms with E-state index in [0.717, 1.165) is 29.5 Å². The summed E-state index contributed by atoms with van der Waals surface area (Å²) in [5, 5.41) is 6.70. The Morgan fingerprint density at radius 3 is 2.36 bits per heavy atom. The molecule has 0 radical (unpaired) electrons. The Balaban J connectivity index is 0.000000745. The highest BCUT2D eigenvalue weighted by atomic mass is 32.2. The molecule has 0 saturated carbocycles. The summed E-state index contributed by atoms with van der Waals surface area (Å²) in [4.78, 5) is 33.8. The van der Waals surface area contributed by atoms with Gasteiger partial charge in [0.1, 0.15) is 5.75 Å². The van der Waals surface area contributed by atoms with Gasteiger partial charge in [-0.3, -0.25) is 19.3 Å². The molecule has 1 saturated heterocycles. The molecule has 0 aromatic heterocycles. The first-order valence-electron chi connectivity index (χ1n) is 6.54. The van der Waals surface area contributed by atoms with Crippen LogP contribution in [0.25, 0.3) is 6.08 Å². The topological polar surface area (TPSA) is 83.9 Å². The summed E-state index contributed by atoms with van der Waals surface area (Å²) in [6.45, 7) is 2.17. The number of carboxylic acid groups (broad SMARTS) is 1. The molecule has 1 heterocycles. The predicted molar refractivity (Wildman–Crippen MR) is 84.7 cm³/mol. The van der Waals surface area contributed by atoms with Gasteiger partial charge >= 0.3 is 0 Å². The zero-order chi connectivity index (χ0) is 16.5. The number of rotatable bonds is 4. The summed E-state index contributed by atoms with van der Waals surface area (Å²) < 4.78 is 5.07. The van der Waals surface area contributed by atoms with Crippen LogP contribution in [0.4, 0.5) is 4.79 Å². The van der Waals surface area contributed by atoms with Gasteiger partial charge in [0.25, 0.3) is 17.6 Å². The van der Waals surface area contributed by atoms with Gasteiger partial charge in [-0.25, -0.2) is 0 Å². The van der Waals surface area contributed by atoms with E-state index < -0.39 is 0 Å². The second-order valence-corrected chi connectivity index (χ2v) is 5.21. The maximum Gasteiger partial charge on any atom is 0.293 e. The highest BCUT2D eigenvalue weighted by Gasteiger charge is 2.34. The van der Waals surface area contributed by atoms with E-state index in [1.807, 2.05) is 31.2 Å². The smallest absolute Gasteiger partial charge is 0.293 e. The summed E-state index contributed by atoms with van der Waals surface area (Å²) in [6, 6.07) is 7.35. The Morgan fingerprint density at radius 2 is 1.86 bits per heavy atom. The number of ether oxygens (including phenoxy) is 1. The van der Waals surface area contributed by atoms with E-state index in [-0.39, 0.29) is 17.6 Å². The van der Waals surface area contributed by atoms with E-state index >= 15 is 0 Å². The van der Waals surface area contributed by atoms with Crippen LogP contribution in [0.3, 0.4) is 0 Å². The number of hydrogen-bond acceptors (Lipinski definition) is 5. The number of nitrogens with zero attached hydrogens (tertiary/aromatic N) is 1. The molecular formula is C15H17NO5S. The molecule has 0 atom stereocenters. The lowest BCUT2D eigenvalue weighted by Gasteiger charge is -2.09. The molecule has 7 heteroatoms. The van der Waals surface area contributed by atoms with Gasteiger partial charge in [-0.05, 0) is 42.0 Å². The van der Waals surface area contributed by atoms with E-state index in [2.05, 4.69) is 0 Å². The van der Waals surface area contributed by atoms with Crippen molar-refractivity contribution in [2.24, 2.45) is 0 Å². The third-order valence-electron chi connectivity index (χ3n) is 2.73. The van der Waals surface area contributed by atoms with Crippen LogP contribution in [-0.4, -0.2) is 41.3 Å². The minimum absolute atomic E-state index is 0.188. The van der Waals surface area contributed by atoms with E-state index in [4.69, 9.17) is 14.6 Å². The van der Waals surface area contributed by atoms with Gasteiger partial charge in [0, 0.05) is 6.54 Å². The Bertz CT molecular complexity index is 568. The molecule has 1 aromatic carbocycles. The highest BCUT2D eigenvalue weighted by Crippen LogP contribution is 2.32. The van der Waals surface area contributed by atoms with Crippen molar-refractivity contribution in [3.63, 3.8) is 0 Å². The second kappa shape index (κ2) is 8.89. The summed E-state index contributed by atoms with van der Waals surface area (Å²) in [6.07, 6.45) is 2.51. The van der Waals surface area contributed by atoms with Gasteiger partial charge in [-0.2, -0.15) is 0 Å². The van der Waals surface area contributed by atoms with Crippen LogP contribution in [0, 0.1) is 0 Å². The first-order valence-corrected chi connectivity index (χ1v) is 7.36. The molecule has 0 bridgehead atoms. The molecule has 1 N–H and O–H groups in total. The van der Waals surface area contributed by atoms with Crippen LogP contribution in [0.1, 0.15) is 18.9 Å². The van der Waals surface area contributed by atoms with Gasteiger partial charge in [0.05, 0.1) is 12.0 Å². The lowest BCUT2D eigenvalue weighted by molar-refractivity contribution is -0.123. The van der Waals surface area contributed by atoms with E-state index in [9.17, 15) is 9.59 Å². The molecule has 1 aliphatic rings. The van der Waals surface area contributed by atoms with Crippen molar-refractivity contribution in [2.75, 3.05) is 13.7 Å². The molecule has 118 valence electrons. The van der Waals surface area contributed by atoms with Crippen molar-refractivity contribution in [1.29, 1.82) is 0 Å². The fourth-order valence-corrected chi connectivity index (χ4v) is 2.63. The normalized spacial score (nSPS) is 15.5. The predicted octanol–water partition coefficient (Wildman–Crippen LogP) is 2.84. The third-order valence-corrected chi connectivity index (χ3v) is 3.64. The molecule has 22 heavy (non-hydrogen) atoms. The van der Waals surface area contributed by atoms with Gasteiger partial charge < -0.3 is 9.84 Å². The van der Waals surface area contributed by atoms with E-state index in [0.29, 0.717) is 11.4 Å². The van der Waals surface area contributed by atoms with Crippen LogP contribution in [0.5, 0.6) is 5.75 Å². The Morgan fingerprint density at radius 1 is 1.27 bits per heavy atom. The monoisotopic (exact) mass is 323 g/mol. The van der Waals surface area contributed by atoms with Gasteiger partial charge in [0.15, 0.2) is 0 Å². The van der Waals surface area contributed by atoms with Gasteiger partial charge in [-0.1, -0.05) is 19.1 Å². The molecule has 2 amide bonds. The fourth-order valence-electron chi connectivity index (χ4n) is 1.77. The number of benzene rings is 1. The maximum absolute atomic E-state index is 12.0. The highest BCUT2D eigenvalue weighted by molar-refractivity contribution is 8.18. The van der Waals surface area contributed by atoms with Crippen molar-refractivity contribution >= 4 is 35.5 Å². The Kier molecular flexibility index (Phi) is 7.18. The number of carbonyl (C=O) groups excluding carboxylic acids is 2. The molecular weight excluding hydrogens is 306 g/mol. The van der Waals surface area contributed by atoms with Gasteiger partial charge in [-0.15, -0.1) is 0 Å². The lowest BCUT2D eigenvalue weighted by Crippen LogP contribution is -2.28. The maximum atomic E-state index is 12.0. The summed E-state index contributed by atoms with van der Waals surface area (Å²) >= 11 is 0.994. The number of methoxy groups -OCH3 is 1. The van der Waals surface area contributed by atoms with Crippen molar-refractivity contribution in [2.45, 2.75) is 13.3 Å². The van der Waals surface area contributed by atoms with Crippen molar-refractivity contribution in [1.82, 2.24) is 4.90 Å². The first kappa shape index (κ1) is 17.8. The molecule has 0 spiro atoms. The largest absolute Gasteiger partial charge is 0.497 e. The molecule has 1 aromatic rings. The minimum atomic E-state index is -0.250. The second-order valence-electron chi connectivity index (χ2n) is 4.21. The molecule has 0 unspecified atom stereocenters. The quantitative estimate of drug-likeness (QED) is 0.677. The molecule has 2 rings (SSSR count). The van der Waals surface area contributed by atoms with Gasteiger partial charge in [0.2, 0.25) is 0 Å². The number of carbonyl (C=O) groups is 3. The van der Waals surface area contributed by atoms with Crippen molar-refractivity contribution < 1.29 is 24.2 Å². The minimum Gasteiger partial charge on any atom is -0.497 e. The molecule has 1 aliphatic heterocycles. The van der Waals surface area contributed by atoms with Crippen LogP contribution >= 0.6 is 11.8 Å². The number of thioether (sulfide) groups is 1. The molecule has 0 aliphatic carbocycles. The van der Waals surface area contributed by atoms with Crippen LogP contribution in [0.15, 0.2) is 29.2 Å². The van der Waals surface area contributed by atoms with Crippen LogP contribution in [-0.2, 0) is 9.59 Å². The average molecular weight is 323 g/mol. The standard InChI is InChI=1S/C14H15NO3S.CH2O2/c1-3-8-15-13(16)12(19-14(15)17)9-10-4-6-11(18-2)7-5-10;2-1-3/h4-7,9H,3,8H2,1-2H3;1H,(H,2,3)/b12-9-;. The third kappa shape index (κ3) is 4.63. The fraction of sp³-hybridized carbons (Fsp3) is 0.267. The number of imide groups is 1. The summed E-state index contributed by atoms with van der Waals surface area (Å²) in [5.74, 6) is 0.559. The molecule has 1 fully saturated rings. The Labute approximate surface area is 132 Å². The van der Waals surface area contributed by atoms with Crippen LogP contribution < -0.4 is 4.74 Å². The first-order chi connectivity index (χ1) is 10.6. The summed E-state index contributed by atoms with van der Waals surface area (Å²) in [5.41, 5.74) is 0.878. The zero-order valence-corrected chi connectivity index (χ0v) is 13.1. The average Bonchev–Trinajstić information content (AvgIpc) is 2.77. The number of hydrogen-bond donors (Lipinski definition) is 1. The van der Waals surface area contributed by atoms with Crippen molar-refractivity contribution in [3.8, 4) is 5.75 Å². The lowest BCUT2D eigenvalue weighted by atomic mass is 10.2. The Hall–Kier alpha value is -2.28. The zero-order valence-electron chi connectivity index (χ0n) is 12.3. The SMILES string of the molecule is CCCN1C(=O)S/C(=C\c2ccc(OC)cc2)C1=O.O=CO.